The smallest absolute Gasteiger partial charge is 0.285 e. The zero-order valence-corrected chi connectivity index (χ0v) is 9.53. The second kappa shape index (κ2) is 5.37. The van der Waals surface area contributed by atoms with E-state index >= 15 is 0 Å². The molecule has 0 amide bonds. The Morgan fingerprint density at radius 2 is 1.88 bits per heavy atom. The van der Waals surface area contributed by atoms with E-state index in [1.807, 2.05) is 0 Å². The SMILES string of the molecule is CC(CO)N(C)CC(F)(F)c1ccccc1. The quantitative estimate of drug-likeness (QED) is 0.835. The van der Waals surface area contributed by atoms with Gasteiger partial charge in [-0.05, 0) is 14.0 Å². The largest absolute Gasteiger partial charge is 0.395 e. The van der Waals surface area contributed by atoms with Gasteiger partial charge in [0.15, 0.2) is 0 Å². The van der Waals surface area contributed by atoms with Gasteiger partial charge >= 0.3 is 0 Å². The first-order valence-electron chi connectivity index (χ1n) is 5.22. The Morgan fingerprint density at radius 1 is 1.31 bits per heavy atom. The Morgan fingerprint density at radius 3 is 2.38 bits per heavy atom. The normalized spacial score (nSPS) is 14.1. The van der Waals surface area contributed by atoms with Crippen molar-refractivity contribution in [3.05, 3.63) is 35.9 Å². The second-order valence-corrected chi connectivity index (χ2v) is 4.02. The second-order valence-electron chi connectivity index (χ2n) is 4.02. The lowest BCUT2D eigenvalue weighted by Gasteiger charge is -2.27. The van der Waals surface area contributed by atoms with E-state index in [2.05, 4.69) is 0 Å². The van der Waals surface area contributed by atoms with Crippen LogP contribution in [0.15, 0.2) is 30.3 Å². The van der Waals surface area contributed by atoms with Crippen molar-refractivity contribution >= 4 is 0 Å². The Hall–Kier alpha value is -1.00. The highest BCUT2D eigenvalue weighted by atomic mass is 19.3. The fraction of sp³-hybridized carbons (Fsp3) is 0.500. The summed E-state index contributed by atoms with van der Waals surface area (Å²) in [4.78, 5) is 1.45. The Kier molecular flexibility index (Phi) is 4.38. The number of rotatable bonds is 5. The van der Waals surface area contributed by atoms with Gasteiger partial charge in [0.2, 0.25) is 0 Å². The predicted octanol–water partition coefficient (Wildman–Crippen LogP) is 2.09. The van der Waals surface area contributed by atoms with Gasteiger partial charge in [0.25, 0.3) is 5.92 Å². The molecule has 0 aliphatic rings. The van der Waals surface area contributed by atoms with Crippen molar-refractivity contribution in [2.45, 2.75) is 18.9 Å². The van der Waals surface area contributed by atoms with Gasteiger partial charge in [0.05, 0.1) is 13.2 Å². The molecule has 1 aromatic rings. The van der Waals surface area contributed by atoms with E-state index in [1.165, 1.54) is 17.0 Å². The average Bonchev–Trinajstić information content (AvgIpc) is 2.28. The summed E-state index contributed by atoms with van der Waals surface area (Å²) in [5.74, 6) is -2.89. The highest BCUT2D eigenvalue weighted by Crippen LogP contribution is 2.28. The summed E-state index contributed by atoms with van der Waals surface area (Å²) >= 11 is 0. The molecule has 1 rings (SSSR count). The van der Waals surface area contributed by atoms with Crippen LogP contribution in [-0.2, 0) is 5.92 Å². The number of halogens is 2. The first kappa shape index (κ1) is 13.1. The monoisotopic (exact) mass is 229 g/mol. The Bertz CT molecular complexity index is 316. The average molecular weight is 229 g/mol. The van der Waals surface area contributed by atoms with Gasteiger partial charge in [-0.25, -0.2) is 0 Å². The molecule has 0 saturated carbocycles. The Balaban J connectivity index is 2.72. The molecular formula is C12H17F2NO. The fourth-order valence-corrected chi connectivity index (χ4v) is 1.38. The number of hydrogen-bond donors (Lipinski definition) is 1. The number of nitrogens with zero attached hydrogens (tertiary/aromatic N) is 1. The summed E-state index contributed by atoms with van der Waals surface area (Å²) in [5.41, 5.74) is 0.00647. The van der Waals surface area contributed by atoms with Crippen molar-refractivity contribution in [3.63, 3.8) is 0 Å². The molecule has 0 fully saturated rings. The fourth-order valence-electron chi connectivity index (χ4n) is 1.38. The first-order chi connectivity index (χ1) is 7.47. The third-order valence-electron chi connectivity index (χ3n) is 2.66. The van der Waals surface area contributed by atoms with Crippen LogP contribution in [0, 0.1) is 0 Å². The summed E-state index contributed by atoms with van der Waals surface area (Å²) in [7, 11) is 1.58. The zero-order valence-electron chi connectivity index (χ0n) is 9.53. The van der Waals surface area contributed by atoms with Gasteiger partial charge in [0.1, 0.15) is 0 Å². The molecule has 0 saturated heterocycles. The number of aliphatic hydroxyl groups is 1. The van der Waals surface area contributed by atoms with Crippen LogP contribution in [0.25, 0.3) is 0 Å². The molecule has 90 valence electrons. The summed E-state index contributed by atoms with van der Waals surface area (Å²) in [5, 5.41) is 8.89. The predicted molar refractivity (Wildman–Crippen MR) is 59.5 cm³/mol. The minimum absolute atomic E-state index is 0.00647. The Labute approximate surface area is 94.5 Å². The van der Waals surface area contributed by atoms with E-state index in [9.17, 15) is 8.78 Å². The number of aliphatic hydroxyl groups excluding tert-OH is 1. The minimum Gasteiger partial charge on any atom is -0.395 e. The van der Waals surface area contributed by atoms with E-state index in [0.29, 0.717) is 0 Å². The molecule has 0 radical (unpaired) electrons. The molecule has 16 heavy (non-hydrogen) atoms. The molecule has 0 aromatic heterocycles. The van der Waals surface area contributed by atoms with Crippen molar-refractivity contribution in [1.29, 1.82) is 0 Å². The number of hydrogen-bond acceptors (Lipinski definition) is 2. The van der Waals surface area contributed by atoms with Crippen molar-refractivity contribution in [3.8, 4) is 0 Å². The first-order valence-corrected chi connectivity index (χ1v) is 5.22. The summed E-state index contributed by atoms with van der Waals surface area (Å²) in [6.07, 6.45) is 0. The van der Waals surface area contributed by atoms with Crippen LogP contribution in [0.1, 0.15) is 12.5 Å². The molecule has 1 atom stereocenters. The topological polar surface area (TPSA) is 23.5 Å². The number of likely N-dealkylation sites (N-methyl/N-ethyl adjacent to an activating group) is 1. The van der Waals surface area contributed by atoms with Crippen molar-refractivity contribution in [1.82, 2.24) is 4.90 Å². The van der Waals surface area contributed by atoms with Gasteiger partial charge in [-0.15, -0.1) is 0 Å². The molecule has 0 spiro atoms. The van der Waals surface area contributed by atoms with Crippen LogP contribution in [0.3, 0.4) is 0 Å². The maximum atomic E-state index is 13.8. The molecule has 0 aliphatic carbocycles. The van der Waals surface area contributed by atoms with Gasteiger partial charge in [0, 0.05) is 11.6 Å². The lowest BCUT2D eigenvalue weighted by molar-refractivity contribution is -0.0438. The van der Waals surface area contributed by atoms with Crippen molar-refractivity contribution in [2.24, 2.45) is 0 Å². The highest BCUT2D eigenvalue weighted by molar-refractivity contribution is 5.20. The third-order valence-corrected chi connectivity index (χ3v) is 2.66. The maximum Gasteiger partial charge on any atom is 0.285 e. The van der Waals surface area contributed by atoms with E-state index in [0.717, 1.165) is 0 Å². The summed E-state index contributed by atoms with van der Waals surface area (Å²) < 4.78 is 27.6. The molecule has 0 heterocycles. The summed E-state index contributed by atoms with van der Waals surface area (Å²) in [6, 6.07) is 7.46. The zero-order chi connectivity index (χ0) is 12.2. The maximum absolute atomic E-state index is 13.8. The van der Waals surface area contributed by atoms with Crippen LogP contribution in [0.2, 0.25) is 0 Å². The van der Waals surface area contributed by atoms with E-state index in [-0.39, 0.29) is 18.2 Å². The van der Waals surface area contributed by atoms with Crippen LogP contribution >= 0.6 is 0 Å². The molecule has 4 heteroatoms. The number of benzene rings is 1. The van der Waals surface area contributed by atoms with E-state index in [4.69, 9.17) is 5.11 Å². The highest BCUT2D eigenvalue weighted by Gasteiger charge is 2.33. The van der Waals surface area contributed by atoms with Gasteiger partial charge in [-0.2, -0.15) is 8.78 Å². The van der Waals surface area contributed by atoms with Crippen molar-refractivity contribution < 1.29 is 13.9 Å². The lowest BCUT2D eigenvalue weighted by atomic mass is 10.1. The summed E-state index contributed by atoms with van der Waals surface area (Å²) in [6.45, 7) is 1.20. The van der Waals surface area contributed by atoms with Crippen LogP contribution in [-0.4, -0.2) is 36.2 Å². The van der Waals surface area contributed by atoms with Crippen molar-refractivity contribution in [2.75, 3.05) is 20.2 Å². The minimum atomic E-state index is -2.89. The van der Waals surface area contributed by atoms with E-state index < -0.39 is 12.5 Å². The van der Waals surface area contributed by atoms with Gasteiger partial charge < -0.3 is 5.11 Å². The standard InChI is InChI=1S/C12H17F2NO/c1-10(8-16)15(2)9-12(13,14)11-6-4-3-5-7-11/h3-7,10,16H,8-9H2,1-2H3. The molecule has 0 bridgehead atoms. The lowest BCUT2D eigenvalue weighted by Crippen LogP contribution is -2.39. The third kappa shape index (κ3) is 3.25. The molecule has 2 nitrogen and oxygen atoms in total. The van der Waals surface area contributed by atoms with Crippen LogP contribution < -0.4 is 0 Å². The van der Waals surface area contributed by atoms with Gasteiger partial charge in [-0.1, -0.05) is 30.3 Å². The van der Waals surface area contributed by atoms with E-state index in [1.54, 1.807) is 32.2 Å². The molecule has 1 N–H and O–H groups in total. The van der Waals surface area contributed by atoms with Crippen LogP contribution in [0.5, 0.6) is 0 Å². The van der Waals surface area contributed by atoms with Gasteiger partial charge in [-0.3, -0.25) is 4.90 Å². The molecular weight excluding hydrogens is 212 g/mol. The molecule has 1 unspecified atom stereocenters. The number of alkyl halides is 2. The molecule has 0 aliphatic heterocycles. The van der Waals surface area contributed by atoms with Crippen LogP contribution in [0.4, 0.5) is 8.78 Å². The molecule has 1 aromatic carbocycles.